The quantitative estimate of drug-likeness (QED) is 0.240. The fraction of sp³-hybridized carbons (Fsp3) is 0.533. The molecular weight excluding hydrogens is 407 g/mol. The van der Waals surface area contributed by atoms with Crippen molar-refractivity contribution in [1.29, 1.82) is 0 Å². The van der Waals surface area contributed by atoms with Crippen LogP contribution >= 0.6 is 11.6 Å². The molecule has 0 spiro atoms. The maximum atomic E-state index is 12.8. The molecule has 0 bridgehead atoms. The Balaban J connectivity index is 1.88. The molecule has 13 heteroatoms. The summed E-state index contributed by atoms with van der Waals surface area (Å²) in [6.07, 6.45) is -1.54. The Morgan fingerprint density at radius 1 is 1.46 bits per heavy atom. The smallest absolute Gasteiger partial charge is 0.363 e. The molecule has 156 valence electrons. The first-order chi connectivity index (χ1) is 13.2. The molecule has 0 amide bonds. The maximum absolute atomic E-state index is 12.8. The fourth-order valence-corrected chi connectivity index (χ4v) is 2.51. The highest BCUT2D eigenvalue weighted by Crippen LogP contribution is 2.31. The zero-order valence-electron chi connectivity index (χ0n) is 14.6. The summed E-state index contributed by atoms with van der Waals surface area (Å²) in [5.74, 6) is -0.365. The topological polar surface area (TPSA) is 111 Å². The second-order valence-electron chi connectivity index (χ2n) is 5.73. The van der Waals surface area contributed by atoms with Crippen molar-refractivity contribution in [1.82, 2.24) is 15.7 Å². The molecule has 1 aromatic heterocycles. The molecule has 2 heterocycles. The Hall–Kier alpha value is -2.31. The van der Waals surface area contributed by atoms with Gasteiger partial charge in [0.15, 0.2) is 12.1 Å². The fourth-order valence-electron chi connectivity index (χ4n) is 2.30. The van der Waals surface area contributed by atoms with Crippen molar-refractivity contribution in [3.63, 3.8) is 0 Å². The lowest BCUT2D eigenvalue weighted by atomic mass is 10.2. The molecule has 0 saturated carbocycles. The van der Waals surface area contributed by atoms with Gasteiger partial charge < -0.3 is 14.8 Å². The van der Waals surface area contributed by atoms with Gasteiger partial charge in [0.05, 0.1) is 17.1 Å². The molecule has 1 aromatic rings. The van der Waals surface area contributed by atoms with Gasteiger partial charge in [0.2, 0.25) is 0 Å². The zero-order valence-corrected chi connectivity index (χ0v) is 15.3. The highest BCUT2D eigenvalue weighted by molar-refractivity contribution is 6.29. The number of nitro groups is 1. The molecule has 1 fully saturated rings. The van der Waals surface area contributed by atoms with Gasteiger partial charge in [0, 0.05) is 13.2 Å². The molecule has 1 aliphatic rings. The van der Waals surface area contributed by atoms with Crippen molar-refractivity contribution >= 4 is 17.4 Å². The molecule has 9 nitrogen and oxygen atoms in total. The number of hydrogen-bond donors (Lipinski definition) is 3. The molecule has 0 aliphatic carbocycles. The van der Waals surface area contributed by atoms with Crippen LogP contribution in [0.3, 0.4) is 0 Å². The number of halogens is 4. The van der Waals surface area contributed by atoms with Crippen molar-refractivity contribution < 1.29 is 27.6 Å². The van der Waals surface area contributed by atoms with Crippen molar-refractivity contribution in [2.45, 2.75) is 31.7 Å². The summed E-state index contributed by atoms with van der Waals surface area (Å²) in [4.78, 5) is 13.7. The first-order valence-electron chi connectivity index (χ1n) is 8.33. The number of ether oxygens (including phenoxy) is 2. The van der Waals surface area contributed by atoms with Gasteiger partial charge >= 0.3 is 6.18 Å². The Morgan fingerprint density at radius 2 is 2.25 bits per heavy atom. The van der Waals surface area contributed by atoms with Gasteiger partial charge in [-0.25, -0.2) is 4.98 Å². The molecule has 28 heavy (non-hydrogen) atoms. The largest absolute Gasteiger partial charge is 0.416 e. The number of nitrogens with zero attached hydrogens (tertiary/aromatic N) is 2. The third-order valence-electron chi connectivity index (χ3n) is 3.54. The highest BCUT2D eigenvalue weighted by Gasteiger charge is 2.31. The Labute approximate surface area is 163 Å². The van der Waals surface area contributed by atoms with Gasteiger partial charge in [-0.05, 0) is 31.4 Å². The van der Waals surface area contributed by atoms with E-state index in [2.05, 4.69) is 21.2 Å². The van der Waals surface area contributed by atoms with Crippen molar-refractivity contribution in [3.8, 4) is 0 Å². The van der Waals surface area contributed by atoms with E-state index in [1.54, 1.807) is 0 Å². The SMILES string of the molecule is O=[N+]([O-])/C=C(/NCCOC1CCCCO1)NNc1cc(C(F)(F)F)cc(Cl)n1. The summed E-state index contributed by atoms with van der Waals surface area (Å²) >= 11 is 5.59. The van der Waals surface area contributed by atoms with E-state index < -0.39 is 16.7 Å². The van der Waals surface area contributed by atoms with Gasteiger partial charge in [0.25, 0.3) is 6.20 Å². The summed E-state index contributed by atoms with van der Waals surface area (Å²) in [6.45, 7) is 1.04. The van der Waals surface area contributed by atoms with Crippen LogP contribution in [0.5, 0.6) is 0 Å². The van der Waals surface area contributed by atoms with E-state index in [1.807, 2.05) is 0 Å². The summed E-state index contributed by atoms with van der Waals surface area (Å²) < 4.78 is 49.3. The number of anilines is 1. The summed E-state index contributed by atoms with van der Waals surface area (Å²) in [5.41, 5.74) is 3.73. The van der Waals surface area contributed by atoms with Gasteiger partial charge in [-0.15, -0.1) is 0 Å². The third kappa shape index (κ3) is 7.74. The predicted molar refractivity (Wildman–Crippen MR) is 93.6 cm³/mol. The molecule has 0 radical (unpaired) electrons. The second-order valence-corrected chi connectivity index (χ2v) is 6.12. The summed E-state index contributed by atoms with van der Waals surface area (Å²) in [7, 11) is 0. The van der Waals surface area contributed by atoms with Crippen molar-refractivity contribution in [3.05, 3.63) is 45.0 Å². The third-order valence-corrected chi connectivity index (χ3v) is 3.73. The van der Waals surface area contributed by atoms with Crippen LogP contribution < -0.4 is 16.2 Å². The predicted octanol–water partition coefficient (Wildman–Crippen LogP) is 2.88. The molecular formula is C15H19ClF3N5O4. The van der Waals surface area contributed by atoms with Crippen LogP contribution in [0, 0.1) is 10.1 Å². The Kier molecular flexibility index (Phi) is 8.08. The van der Waals surface area contributed by atoms with E-state index in [1.165, 1.54) is 0 Å². The van der Waals surface area contributed by atoms with Crippen LogP contribution in [0.2, 0.25) is 5.15 Å². The molecule has 1 atom stereocenters. The Morgan fingerprint density at radius 3 is 2.89 bits per heavy atom. The molecule has 2 rings (SSSR count). The number of aromatic nitrogens is 1. The normalized spacial score (nSPS) is 17.9. The molecule has 1 aliphatic heterocycles. The number of hydrogen-bond acceptors (Lipinski definition) is 8. The number of alkyl halides is 3. The van der Waals surface area contributed by atoms with E-state index in [-0.39, 0.29) is 36.2 Å². The summed E-state index contributed by atoms with van der Waals surface area (Å²) in [6, 6.07) is 1.38. The minimum absolute atomic E-state index is 0.103. The minimum atomic E-state index is -4.61. The Bertz CT molecular complexity index is 699. The van der Waals surface area contributed by atoms with Crippen LogP contribution in [0.1, 0.15) is 24.8 Å². The lowest BCUT2D eigenvalue weighted by Crippen LogP contribution is -2.34. The maximum Gasteiger partial charge on any atom is 0.416 e. The van der Waals surface area contributed by atoms with Gasteiger partial charge in [0.1, 0.15) is 11.0 Å². The zero-order chi connectivity index (χ0) is 20.6. The van der Waals surface area contributed by atoms with E-state index in [0.717, 1.165) is 19.3 Å². The van der Waals surface area contributed by atoms with Crippen molar-refractivity contribution in [2.24, 2.45) is 0 Å². The van der Waals surface area contributed by atoms with Crippen LogP contribution in [0.25, 0.3) is 0 Å². The average Bonchev–Trinajstić information content (AvgIpc) is 2.62. The van der Waals surface area contributed by atoms with Crippen molar-refractivity contribution in [2.75, 3.05) is 25.2 Å². The number of rotatable bonds is 9. The number of pyridine rings is 1. The number of nitrogens with one attached hydrogen (secondary N) is 3. The van der Waals surface area contributed by atoms with Crippen LogP contribution in [-0.2, 0) is 15.7 Å². The summed E-state index contributed by atoms with van der Waals surface area (Å²) in [5, 5.41) is 13.0. The van der Waals surface area contributed by atoms with E-state index in [0.29, 0.717) is 24.9 Å². The molecule has 1 saturated heterocycles. The van der Waals surface area contributed by atoms with E-state index >= 15 is 0 Å². The monoisotopic (exact) mass is 425 g/mol. The number of hydrazine groups is 1. The van der Waals surface area contributed by atoms with E-state index in [4.69, 9.17) is 21.1 Å². The van der Waals surface area contributed by atoms with Gasteiger partial charge in [-0.3, -0.25) is 21.0 Å². The molecule has 0 aromatic carbocycles. The first kappa shape index (κ1) is 22.0. The average molecular weight is 426 g/mol. The molecule has 3 N–H and O–H groups in total. The molecule has 1 unspecified atom stereocenters. The van der Waals surface area contributed by atoms with Crippen LogP contribution in [-0.4, -0.2) is 36.0 Å². The minimum Gasteiger partial charge on any atom is -0.363 e. The van der Waals surface area contributed by atoms with Gasteiger partial charge in [-0.2, -0.15) is 13.2 Å². The lowest BCUT2D eigenvalue weighted by molar-refractivity contribution is -0.404. The van der Waals surface area contributed by atoms with E-state index in [9.17, 15) is 23.3 Å². The lowest BCUT2D eigenvalue weighted by Gasteiger charge is -2.23. The first-order valence-corrected chi connectivity index (χ1v) is 8.71. The second kappa shape index (κ2) is 10.3. The van der Waals surface area contributed by atoms with Crippen LogP contribution in [0.4, 0.5) is 19.0 Å². The highest BCUT2D eigenvalue weighted by atomic mass is 35.5. The van der Waals surface area contributed by atoms with Gasteiger partial charge in [-0.1, -0.05) is 11.6 Å². The standard InChI is InChI=1S/C15H19ClF3N5O4/c16-11-7-10(15(17,18)19)8-12(21-11)22-23-13(9-24(25)26)20-4-6-28-14-3-1-2-5-27-14/h7-9,14,20,23H,1-6H2,(H,21,22)/b13-9-. The van der Waals surface area contributed by atoms with Crippen LogP contribution in [0.15, 0.2) is 24.2 Å².